The number of hydrogen-bond acceptors (Lipinski definition) is 2. The lowest BCUT2D eigenvalue weighted by atomic mass is 10.2. The van der Waals surface area contributed by atoms with Crippen molar-refractivity contribution in [2.45, 2.75) is 6.54 Å². The van der Waals surface area contributed by atoms with Gasteiger partial charge < -0.3 is 10.5 Å². The van der Waals surface area contributed by atoms with Crippen LogP contribution in [0.3, 0.4) is 0 Å². The van der Waals surface area contributed by atoms with E-state index in [2.05, 4.69) is 15.9 Å². The minimum atomic E-state index is -0.371. The molecule has 0 aliphatic rings. The van der Waals surface area contributed by atoms with E-state index in [0.29, 0.717) is 27.5 Å². The fourth-order valence-electron chi connectivity index (χ4n) is 1.47. The molecule has 2 aromatic rings. The second kappa shape index (κ2) is 5.69. The number of hydrogen-bond donors (Lipinski definition) is 1. The Kier molecular flexibility index (Phi) is 4.22. The Morgan fingerprint density at radius 2 is 1.94 bits per heavy atom. The van der Waals surface area contributed by atoms with Gasteiger partial charge in [-0.1, -0.05) is 17.7 Å². The van der Waals surface area contributed by atoms with Gasteiger partial charge in [0.25, 0.3) is 0 Å². The Balaban J connectivity index is 2.38. The number of benzene rings is 2. The summed E-state index contributed by atoms with van der Waals surface area (Å²) in [5.41, 5.74) is 6.41. The Morgan fingerprint density at radius 1 is 1.17 bits per heavy atom. The lowest BCUT2D eigenvalue weighted by molar-refractivity contribution is 0.468. The topological polar surface area (TPSA) is 35.2 Å². The van der Waals surface area contributed by atoms with Crippen LogP contribution in [-0.4, -0.2) is 0 Å². The van der Waals surface area contributed by atoms with Crippen molar-refractivity contribution in [1.82, 2.24) is 0 Å². The molecule has 0 bridgehead atoms. The van der Waals surface area contributed by atoms with E-state index in [1.807, 2.05) is 0 Å². The summed E-state index contributed by atoms with van der Waals surface area (Å²) in [6.07, 6.45) is 0. The predicted octanol–water partition coefficient (Wildman–Crippen LogP) is 4.49. The molecule has 0 aliphatic heterocycles. The van der Waals surface area contributed by atoms with E-state index in [1.54, 1.807) is 24.3 Å². The van der Waals surface area contributed by atoms with Crippen LogP contribution in [0.1, 0.15) is 5.56 Å². The number of nitrogens with two attached hydrogens (primary N) is 1. The van der Waals surface area contributed by atoms with Crippen LogP contribution >= 0.6 is 27.5 Å². The average molecular weight is 331 g/mol. The molecule has 0 saturated heterocycles. The van der Waals surface area contributed by atoms with Crippen molar-refractivity contribution in [3.63, 3.8) is 0 Å². The maximum absolute atomic E-state index is 13.2. The number of ether oxygens (including phenoxy) is 1. The highest BCUT2D eigenvalue weighted by Gasteiger charge is 2.08. The molecule has 0 spiro atoms. The minimum Gasteiger partial charge on any atom is -0.456 e. The van der Waals surface area contributed by atoms with Gasteiger partial charge in [0.15, 0.2) is 0 Å². The quantitative estimate of drug-likeness (QED) is 0.899. The molecule has 0 heterocycles. The van der Waals surface area contributed by atoms with Gasteiger partial charge >= 0.3 is 0 Å². The van der Waals surface area contributed by atoms with Gasteiger partial charge in [0.1, 0.15) is 17.3 Å². The summed E-state index contributed by atoms with van der Waals surface area (Å²) in [5.74, 6) is 0.535. The van der Waals surface area contributed by atoms with Crippen molar-refractivity contribution < 1.29 is 9.13 Å². The number of rotatable bonds is 3. The highest BCUT2D eigenvalue weighted by molar-refractivity contribution is 9.10. The summed E-state index contributed by atoms with van der Waals surface area (Å²) in [5, 5.41) is 0.537. The van der Waals surface area contributed by atoms with E-state index in [0.717, 1.165) is 5.56 Å². The fraction of sp³-hybridized carbons (Fsp3) is 0.0769. The highest BCUT2D eigenvalue weighted by atomic mass is 79.9. The zero-order valence-corrected chi connectivity index (χ0v) is 11.6. The van der Waals surface area contributed by atoms with Gasteiger partial charge in [-0.15, -0.1) is 0 Å². The van der Waals surface area contributed by atoms with Gasteiger partial charge in [-0.25, -0.2) is 4.39 Å². The molecule has 2 aromatic carbocycles. The van der Waals surface area contributed by atoms with E-state index >= 15 is 0 Å². The van der Waals surface area contributed by atoms with Gasteiger partial charge in [0, 0.05) is 23.2 Å². The summed E-state index contributed by atoms with van der Waals surface area (Å²) < 4.78 is 19.5. The first-order valence-electron chi connectivity index (χ1n) is 5.21. The van der Waals surface area contributed by atoms with Crippen molar-refractivity contribution in [2.75, 3.05) is 0 Å². The largest absolute Gasteiger partial charge is 0.456 e. The average Bonchev–Trinajstić information content (AvgIpc) is 2.34. The summed E-state index contributed by atoms with van der Waals surface area (Å²) in [6, 6.07) is 9.39. The molecule has 2 nitrogen and oxygen atoms in total. The first-order valence-corrected chi connectivity index (χ1v) is 6.38. The molecule has 0 fully saturated rings. The maximum atomic E-state index is 13.2. The predicted molar refractivity (Wildman–Crippen MR) is 73.5 cm³/mol. The zero-order valence-electron chi connectivity index (χ0n) is 9.29. The van der Waals surface area contributed by atoms with E-state index in [4.69, 9.17) is 22.1 Å². The van der Waals surface area contributed by atoms with Crippen molar-refractivity contribution in [3.05, 3.63) is 57.3 Å². The second-order valence-corrected chi connectivity index (χ2v) is 4.92. The van der Waals surface area contributed by atoms with Gasteiger partial charge in [-0.2, -0.15) is 0 Å². The fourth-order valence-corrected chi connectivity index (χ4v) is 1.96. The van der Waals surface area contributed by atoms with Crippen LogP contribution in [-0.2, 0) is 6.54 Å². The van der Waals surface area contributed by atoms with Crippen LogP contribution in [0.4, 0.5) is 4.39 Å². The Morgan fingerprint density at radius 3 is 2.67 bits per heavy atom. The van der Waals surface area contributed by atoms with Crippen molar-refractivity contribution >= 4 is 27.5 Å². The van der Waals surface area contributed by atoms with Crippen LogP contribution in [0.2, 0.25) is 5.02 Å². The lowest BCUT2D eigenvalue weighted by Gasteiger charge is -2.11. The van der Waals surface area contributed by atoms with Gasteiger partial charge in [0.05, 0.1) is 4.47 Å². The third kappa shape index (κ3) is 3.02. The second-order valence-electron chi connectivity index (χ2n) is 3.63. The molecule has 0 radical (unpaired) electrons. The Hall–Kier alpha value is -1.10. The SMILES string of the molecule is NCc1ccc(Cl)cc1Oc1cc(F)ccc1Br. The summed E-state index contributed by atoms with van der Waals surface area (Å²) in [7, 11) is 0. The third-order valence-electron chi connectivity index (χ3n) is 2.36. The van der Waals surface area contributed by atoms with E-state index in [9.17, 15) is 4.39 Å². The van der Waals surface area contributed by atoms with Gasteiger partial charge in [0.2, 0.25) is 0 Å². The normalized spacial score (nSPS) is 10.4. The van der Waals surface area contributed by atoms with Crippen LogP contribution in [0.25, 0.3) is 0 Å². The molecule has 0 unspecified atom stereocenters. The van der Waals surface area contributed by atoms with Crippen LogP contribution < -0.4 is 10.5 Å². The summed E-state index contributed by atoms with van der Waals surface area (Å²) in [6.45, 7) is 0.319. The smallest absolute Gasteiger partial charge is 0.144 e. The maximum Gasteiger partial charge on any atom is 0.144 e. The standard InChI is InChI=1S/C13H10BrClFNO/c14-11-4-3-10(16)6-13(11)18-12-5-9(15)2-1-8(12)7-17/h1-6H,7,17H2. The highest BCUT2D eigenvalue weighted by Crippen LogP contribution is 2.33. The molecule has 0 saturated carbocycles. The molecule has 0 amide bonds. The molecule has 94 valence electrons. The molecular weight excluding hydrogens is 321 g/mol. The van der Waals surface area contributed by atoms with Crippen molar-refractivity contribution in [1.29, 1.82) is 0 Å². The summed E-state index contributed by atoms with van der Waals surface area (Å²) >= 11 is 9.20. The number of halogens is 3. The van der Waals surface area contributed by atoms with E-state index < -0.39 is 0 Å². The van der Waals surface area contributed by atoms with Crippen molar-refractivity contribution in [3.8, 4) is 11.5 Å². The molecule has 18 heavy (non-hydrogen) atoms. The molecule has 2 N–H and O–H groups in total. The third-order valence-corrected chi connectivity index (χ3v) is 3.25. The van der Waals surface area contributed by atoms with Crippen molar-refractivity contribution in [2.24, 2.45) is 5.73 Å². The Labute approximate surface area is 118 Å². The molecule has 0 atom stereocenters. The molecule has 2 rings (SSSR count). The molecule has 0 aliphatic carbocycles. The first-order chi connectivity index (χ1) is 8.60. The van der Waals surface area contributed by atoms with E-state index in [1.165, 1.54) is 12.1 Å². The first kappa shape index (κ1) is 13.3. The molecule has 0 aromatic heterocycles. The molecule has 5 heteroatoms. The lowest BCUT2D eigenvalue weighted by Crippen LogP contribution is -1.99. The monoisotopic (exact) mass is 329 g/mol. The van der Waals surface area contributed by atoms with Gasteiger partial charge in [-0.3, -0.25) is 0 Å². The van der Waals surface area contributed by atoms with Gasteiger partial charge in [-0.05, 0) is 40.2 Å². The zero-order chi connectivity index (χ0) is 13.1. The summed E-state index contributed by atoms with van der Waals surface area (Å²) in [4.78, 5) is 0. The van der Waals surface area contributed by atoms with Crippen LogP contribution in [0, 0.1) is 5.82 Å². The Bertz CT molecular complexity index is 577. The minimum absolute atomic E-state index is 0.319. The van der Waals surface area contributed by atoms with E-state index in [-0.39, 0.29) is 5.82 Å². The van der Waals surface area contributed by atoms with Crippen LogP contribution in [0.5, 0.6) is 11.5 Å². The molecular formula is C13H10BrClFNO. The van der Waals surface area contributed by atoms with Crippen LogP contribution in [0.15, 0.2) is 40.9 Å².